The van der Waals surface area contributed by atoms with Gasteiger partial charge in [0.15, 0.2) is 6.61 Å². The van der Waals surface area contributed by atoms with Crippen LogP contribution in [-0.2, 0) is 6.54 Å². The Bertz CT molecular complexity index is 760. The molecule has 2 aromatic rings. The zero-order valence-corrected chi connectivity index (χ0v) is 12.8. The Hall–Kier alpha value is -2.07. The summed E-state index contributed by atoms with van der Waals surface area (Å²) in [6.45, 7) is -1.63. The molecular weight excluding hydrogens is 359 g/mol. The summed E-state index contributed by atoms with van der Waals surface area (Å²) in [4.78, 5) is 26.7. The summed E-state index contributed by atoms with van der Waals surface area (Å²) in [5.74, 6) is -0.873. The Morgan fingerprint density at radius 2 is 2.22 bits per heavy atom. The van der Waals surface area contributed by atoms with Crippen molar-refractivity contribution in [3.63, 3.8) is 0 Å². The number of rotatable bonds is 5. The topological polar surface area (TPSA) is 84.1 Å². The van der Waals surface area contributed by atoms with Crippen LogP contribution in [0, 0.1) is 0 Å². The van der Waals surface area contributed by atoms with E-state index in [2.05, 4.69) is 19.4 Å². The molecule has 0 aliphatic rings. The van der Waals surface area contributed by atoms with Crippen molar-refractivity contribution in [2.45, 2.75) is 12.7 Å². The Labute approximate surface area is 136 Å². The van der Waals surface area contributed by atoms with Gasteiger partial charge in [0.2, 0.25) is 5.88 Å². The minimum atomic E-state index is -4.50. The van der Waals surface area contributed by atoms with E-state index in [9.17, 15) is 22.8 Å². The molecule has 0 radical (unpaired) electrons. The van der Waals surface area contributed by atoms with Gasteiger partial charge in [0, 0.05) is 18.3 Å². The summed E-state index contributed by atoms with van der Waals surface area (Å²) in [6, 6.07) is 2.95. The molecule has 23 heavy (non-hydrogen) atoms. The highest BCUT2D eigenvalue weighted by Gasteiger charge is 2.29. The van der Waals surface area contributed by atoms with Crippen LogP contribution in [0.2, 0.25) is 5.02 Å². The van der Waals surface area contributed by atoms with Gasteiger partial charge in [0.05, 0.1) is 0 Å². The Morgan fingerprint density at radius 1 is 1.48 bits per heavy atom. The summed E-state index contributed by atoms with van der Waals surface area (Å²) in [6.07, 6.45) is -3.23. The van der Waals surface area contributed by atoms with Crippen LogP contribution in [0.4, 0.5) is 13.2 Å². The van der Waals surface area contributed by atoms with Crippen LogP contribution in [0.3, 0.4) is 0 Å². The lowest BCUT2D eigenvalue weighted by Crippen LogP contribution is -2.24. The molecule has 11 heteroatoms. The number of H-pyrrole nitrogens is 1. The number of carbonyl (C=O) groups is 1. The number of halogens is 4. The highest BCUT2D eigenvalue weighted by Crippen LogP contribution is 2.20. The highest BCUT2D eigenvalue weighted by atomic mass is 35.5. The minimum absolute atomic E-state index is 0.0154. The highest BCUT2D eigenvalue weighted by molar-refractivity contribution is 7.08. The fourth-order valence-electron chi connectivity index (χ4n) is 1.53. The van der Waals surface area contributed by atoms with Gasteiger partial charge in [0.25, 0.3) is 11.5 Å². The number of aromatic amines is 1. The molecule has 0 saturated carbocycles. The number of aromatic nitrogens is 2. The molecule has 1 amide bonds. The number of pyridine rings is 1. The molecule has 124 valence electrons. The van der Waals surface area contributed by atoms with Crippen LogP contribution in [0.1, 0.15) is 15.2 Å². The number of nitrogens with zero attached hydrogens (tertiary/aromatic N) is 1. The zero-order valence-electron chi connectivity index (χ0n) is 11.2. The molecule has 2 rings (SSSR count). The van der Waals surface area contributed by atoms with Gasteiger partial charge in [-0.1, -0.05) is 29.2 Å². The second-order valence-electron chi connectivity index (χ2n) is 4.23. The monoisotopic (exact) mass is 367 g/mol. The van der Waals surface area contributed by atoms with Crippen molar-refractivity contribution in [3.8, 4) is 5.88 Å². The van der Waals surface area contributed by atoms with Gasteiger partial charge in [-0.05, 0) is 6.07 Å². The van der Waals surface area contributed by atoms with Gasteiger partial charge < -0.3 is 10.1 Å². The average molecular weight is 368 g/mol. The lowest BCUT2D eigenvalue weighted by atomic mass is 10.2. The molecule has 0 aliphatic carbocycles. The standard InChI is InChI=1S/C12H9ClF3N3O3S/c13-7-8(23-19-9(7)20)10(21)18-4-6-2-1-3-17-11(6)22-5-12(14,15)16/h1-3H,4-5H2,(H,18,21)(H,19,20). The molecule has 0 aliphatic heterocycles. The van der Waals surface area contributed by atoms with Crippen molar-refractivity contribution in [1.82, 2.24) is 14.7 Å². The van der Waals surface area contributed by atoms with Gasteiger partial charge in [-0.2, -0.15) is 13.2 Å². The average Bonchev–Trinajstić information content (AvgIpc) is 2.82. The SMILES string of the molecule is O=C(NCc1cccnc1OCC(F)(F)F)c1s[nH]c(=O)c1Cl. The molecule has 2 aromatic heterocycles. The minimum Gasteiger partial charge on any atom is -0.468 e. The predicted molar refractivity (Wildman–Crippen MR) is 76.9 cm³/mol. The summed E-state index contributed by atoms with van der Waals surface area (Å²) < 4.78 is 43.5. The van der Waals surface area contributed by atoms with E-state index in [1.807, 2.05) is 0 Å². The maximum Gasteiger partial charge on any atom is 0.422 e. The van der Waals surface area contributed by atoms with E-state index in [0.717, 1.165) is 11.5 Å². The second kappa shape index (κ2) is 7.01. The maximum atomic E-state index is 12.2. The Morgan fingerprint density at radius 3 is 2.83 bits per heavy atom. The first kappa shape index (κ1) is 17.3. The number of hydrogen-bond donors (Lipinski definition) is 2. The van der Waals surface area contributed by atoms with Crippen LogP contribution in [0.5, 0.6) is 5.88 Å². The molecule has 0 aromatic carbocycles. The molecule has 6 nitrogen and oxygen atoms in total. The van der Waals surface area contributed by atoms with Gasteiger partial charge in [0.1, 0.15) is 9.90 Å². The van der Waals surface area contributed by atoms with E-state index in [1.165, 1.54) is 18.3 Å². The number of amides is 1. The van der Waals surface area contributed by atoms with Crippen LogP contribution in [0.15, 0.2) is 23.1 Å². The molecule has 0 fully saturated rings. The number of carbonyl (C=O) groups excluding carboxylic acids is 1. The molecule has 0 bridgehead atoms. The third-order valence-electron chi connectivity index (χ3n) is 2.51. The van der Waals surface area contributed by atoms with Crippen molar-refractivity contribution in [1.29, 1.82) is 0 Å². The summed E-state index contributed by atoms with van der Waals surface area (Å²) in [7, 11) is 0. The molecule has 0 saturated heterocycles. The molecule has 0 atom stereocenters. The first-order valence-corrected chi connectivity index (χ1v) is 7.26. The van der Waals surface area contributed by atoms with E-state index < -0.39 is 24.2 Å². The molecule has 0 unspecified atom stereocenters. The van der Waals surface area contributed by atoms with Crippen molar-refractivity contribution in [2.24, 2.45) is 0 Å². The molecule has 2 N–H and O–H groups in total. The largest absolute Gasteiger partial charge is 0.468 e. The molecule has 2 heterocycles. The Balaban J connectivity index is 2.04. The lowest BCUT2D eigenvalue weighted by Gasteiger charge is -2.12. The molecular formula is C12H9ClF3N3O3S. The molecule has 0 spiro atoms. The van der Waals surface area contributed by atoms with Crippen molar-refractivity contribution in [2.75, 3.05) is 6.61 Å². The summed E-state index contributed by atoms with van der Waals surface area (Å²) in [5, 5.41) is 2.19. The van der Waals surface area contributed by atoms with E-state index >= 15 is 0 Å². The maximum absolute atomic E-state index is 12.2. The van der Waals surface area contributed by atoms with E-state index in [0.29, 0.717) is 0 Å². The van der Waals surface area contributed by atoms with Crippen molar-refractivity contribution < 1.29 is 22.7 Å². The number of nitrogens with one attached hydrogen (secondary N) is 2. The van der Waals surface area contributed by atoms with Gasteiger partial charge in [-0.3, -0.25) is 14.0 Å². The first-order valence-electron chi connectivity index (χ1n) is 6.06. The van der Waals surface area contributed by atoms with Gasteiger partial charge in [-0.15, -0.1) is 0 Å². The van der Waals surface area contributed by atoms with Crippen LogP contribution in [-0.4, -0.2) is 28.0 Å². The first-order chi connectivity index (χ1) is 10.8. The number of ether oxygens (including phenoxy) is 1. The number of alkyl halides is 3. The normalized spacial score (nSPS) is 11.3. The summed E-state index contributed by atoms with van der Waals surface area (Å²) in [5.41, 5.74) is -0.332. The fourth-order valence-corrected chi connectivity index (χ4v) is 2.48. The lowest BCUT2D eigenvalue weighted by molar-refractivity contribution is -0.154. The fraction of sp³-hybridized carbons (Fsp3) is 0.250. The third-order valence-corrected chi connectivity index (χ3v) is 3.87. The van der Waals surface area contributed by atoms with Crippen LogP contribution >= 0.6 is 23.1 Å². The smallest absolute Gasteiger partial charge is 0.422 e. The van der Waals surface area contributed by atoms with Gasteiger partial charge in [-0.25, -0.2) is 4.98 Å². The van der Waals surface area contributed by atoms with E-state index in [-0.39, 0.29) is 27.9 Å². The second-order valence-corrected chi connectivity index (χ2v) is 5.43. The van der Waals surface area contributed by atoms with Gasteiger partial charge >= 0.3 is 6.18 Å². The van der Waals surface area contributed by atoms with E-state index in [1.54, 1.807) is 0 Å². The van der Waals surface area contributed by atoms with E-state index in [4.69, 9.17) is 11.6 Å². The van der Waals surface area contributed by atoms with Crippen LogP contribution in [0.25, 0.3) is 0 Å². The van der Waals surface area contributed by atoms with Crippen molar-refractivity contribution in [3.05, 3.63) is 44.1 Å². The predicted octanol–water partition coefficient (Wildman–Crippen LogP) is 2.36. The van der Waals surface area contributed by atoms with Crippen LogP contribution < -0.4 is 15.6 Å². The quantitative estimate of drug-likeness (QED) is 0.849. The zero-order chi connectivity index (χ0) is 17.0. The summed E-state index contributed by atoms with van der Waals surface area (Å²) >= 11 is 6.42. The third kappa shape index (κ3) is 4.70. The number of hydrogen-bond acceptors (Lipinski definition) is 5. The van der Waals surface area contributed by atoms with Crippen molar-refractivity contribution >= 4 is 29.0 Å². The Kier molecular flexibility index (Phi) is 5.26.